The second kappa shape index (κ2) is 13.6. The molecule has 0 saturated carbocycles. The number of nitrogens with one attached hydrogen (secondary N) is 2. The lowest BCUT2D eigenvalue weighted by molar-refractivity contribution is 0.0137. The average Bonchev–Trinajstić information content (AvgIpc) is 2.78. The van der Waals surface area contributed by atoms with E-state index in [2.05, 4.69) is 15.5 Å². The maximum Gasteiger partial charge on any atom is 0.410 e. The highest BCUT2D eigenvalue weighted by atomic mass is 32.1. The molecule has 1 fully saturated rings. The summed E-state index contributed by atoms with van der Waals surface area (Å²) < 4.78 is 11.3. The number of nitrogens with zero attached hydrogens (tertiary/aromatic N) is 2. The van der Waals surface area contributed by atoms with Crippen LogP contribution < -0.4 is 15.4 Å². The van der Waals surface area contributed by atoms with E-state index in [1.54, 1.807) is 11.9 Å². The summed E-state index contributed by atoms with van der Waals surface area (Å²) in [5.74, 6) is 0.795. The first-order valence-corrected chi connectivity index (χ1v) is 12.2. The van der Waals surface area contributed by atoms with Crippen LogP contribution in [0.2, 0.25) is 0 Å². The van der Waals surface area contributed by atoms with Crippen molar-refractivity contribution in [1.82, 2.24) is 20.4 Å². The number of carbonyl (C=O) groups excluding carboxylic acids is 1. The van der Waals surface area contributed by atoms with Crippen LogP contribution in [0.4, 0.5) is 4.79 Å². The zero-order chi connectivity index (χ0) is 24.3. The molecule has 0 bridgehead atoms. The molecule has 0 aliphatic carbocycles. The molecule has 3 N–H and O–H groups in total. The smallest absolute Gasteiger partial charge is 0.410 e. The molecule has 9 heteroatoms. The molecule has 33 heavy (non-hydrogen) atoms. The highest BCUT2D eigenvalue weighted by Crippen LogP contribution is 2.22. The molecular formula is C24H40N4O4S. The van der Waals surface area contributed by atoms with Crippen LogP contribution in [0.3, 0.4) is 0 Å². The summed E-state index contributed by atoms with van der Waals surface area (Å²) in [7, 11) is 1.79. The number of rotatable bonds is 10. The lowest BCUT2D eigenvalue weighted by Crippen LogP contribution is -2.50. The van der Waals surface area contributed by atoms with Gasteiger partial charge in [0.2, 0.25) is 0 Å². The van der Waals surface area contributed by atoms with Crippen LogP contribution in [0.5, 0.6) is 5.75 Å². The molecule has 1 heterocycles. The molecule has 186 valence electrons. The Morgan fingerprint density at radius 1 is 1.15 bits per heavy atom. The number of carbonyl (C=O) groups is 1. The summed E-state index contributed by atoms with van der Waals surface area (Å²) in [5, 5.41) is 17.0. The van der Waals surface area contributed by atoms with Crippen LogP contribution in [0.25, 0.3) is 0 Å². The third kappa shape index (κ3) is 10.6. The van der Waals surface area contributed by atoms with Crippen molar-refractivity contribution in [2.45, 2.75) is 51.7 Å². The van der Waals surface area contributed by atoms with Gasteiger partial charge in [-0.05, 0) is 69.9 Å². The Labute approximate surface area is 203 Å². The first kappa shape index (κ1) is 27.1. The summed E-state index contributed by atoms with van der Waals surface area (Å²) in [6.45, 7) is 10.8. The number of unbranched alkanes of at least 4 members (excludes halogenated alkanes) is 1. The Morgan fingerprint density at radius 2 is 1.82 bits per heavy atom. The molecule has 0 radical (unpaired) electrons. The van der Waals surface area contributed by atoms with Gasteiger partial charge in [0.15, 0.2) is 5.11 Å². The molecule has 1 aliphatic rings. The Bertz CT molecular complexity index is 731. The summed E-state index contributed by atoms with van der Waals surface area (Å²) in [4.78, 5) is 16.2. The van der Waals surface area contributed by atoms with Crippen LogP contribution in [0.1, 0.15) is 51.7 Å². The van der Waals surface area contributed by atoms with Crippen LogP contribution >= 0.6 is 12.2 Å². The molecule has 2 rings (SSSR count). The first-order chi connectivity index (χ1) is 15.7. The van der Waals surface area contributed by atoms with Gasteiger partial charge in [-0.3, -0.25) is 4.90 Å². The maximum atomic E-state index is 12.2. The van der Waals surface area contributed by atoms with Crippen molar-refractivity contribution in [3.05, 3.63) is 29.8 Å². The second-order valence-electron chi connectivity index (χ2n) is 9.24. The van der Waals surface area contributed by atoms with E-state index in [0.29, 0.717) is 31.2 Å². The van der Waals surface area contributed by atoms with Crippen LogP contribution in [0.15, 0.2) is 24.3 Å². The van der Waals surface area contributed by atoms with E-state index in [1.807, 2.05) is 45.0 Å². The highest BCUT2D eigenvalue weighted by molar-refractivity contribution is 7.80. The van der Waals surface area contributed by atoms with Gasteiger partial charge in [0.05, 0.1) is 6.10 Å². The lowest BCUT2D eigenvalue weighted by Gasteiger charge is -2.35. The van der Waals surface area contributed by atoms with Crippen LogP contribution in [-0.2, 0) is 4.74 Å². The maximum absolute atomic E-state index is 12.2. The quantitative estimate of drug-likeness (QED) is 0.348. The van der Waals surface area contributed by atoms with E-state index in [9.17, 15) is 9.90 Å². The van der Waals surface area contributed by atoms with Gasteiger partial charge in [0, 0.05) is 46.3 Å². The van der Waals surface area contributed by atoms with E-state index in [1.165, 1.54) is 0 Å². The lowest BCUT2D eigenvalue weighted by atomic mass is 10.0. The van der Waals surface area contributed by atoms with Crippen molar-refractivity contribution < 1.29 is 19.4 Å². The fourth-order valence-electron chi connectivity index (χ4n) is 3.48. The fourth-order valence-corrected chi connectivity index (χ4v) is 3.58. The Hall–Kier alpha value is -2.10. The first-order valence-electron chi connectivity index (χ1n) is 11.7. The number of hydrogen-bond donors (Lipinski definition) is 3. The van der Waals surface area contributed by atoms with Crippen molar-refractivity contribution in [3.63, 3.8) is 0 Å². The van der Waals surface area contributed by atoms with E-state index < -0.39 is 11.7 Å². The van der Waals surface area contributed by atoms with E-state index in [0.717, 1.165) is 50.3 Å². The van der Waals surface area contributed by atoms with E-state index in [4.69, 9.17) is 21.7 Å². The van der Waals surface area contributed by atoms with Gasteiger partial charge in [-0.15, -0.1) is 0 Å². The molecule has 0 aromatic heterocycles. The molecule has 1 atom stereocenters. The average molecular weight is 481 g/mol. The van der Waals surface area contributed by atoms with Gasteiger partial charge in [-0.25, -0.2) is 4.79 Å². The predicted molar refractivity (Wildman–Crippen MR) is 135 cm³/mol. The van der Waals surface area contributed by atoms with Crippen molar-refractivity contribution in [1.29, 1.82) is 0 Å². The molecule has 1 unspecified atom stereocenters. The summed E-state index contributed by atoms with van der Waals surface area (Å²) in [5.41, 5.74) is 0.436. The Balaban J connectivity index is 1.62. The molecule has 1 aromatic rings. The van der Waals surface area contributed by atoms with Gasteiger partial charge < -0.3 is 30.1 Å². The van der Waals surface area contributed by atoms with Gasteiger partial charge in [-0.1, -0.05) is 12.1 Å². The summed E-state index contributed by atoms with van der Waals surface area (Å²) in [6.07, 6.45) is 1.86. The topological polar surface area (TPSA) is 86.3 Å². The molecule has 0 spiro atoms. The summed E-state index contributed by atoms with van der Waals surface area (Å²) >= 11 is 5.04. The SMILES string of the molecule is CNC(=S)NCCCCC(O)c1ccc(OCCN2CCN(C(=O)OC(C)(C)C)CC2)cc1. The number of piperazine rings is 1. The summed E-state index contributed by atoms with van der Waals surface area (Å²) in [6, 6.07) is 7.67. The van der Waals surface area contributed by atoms with Crippen molar-refractivity contribution >= 4 is 23.4 Å². The molecule has 1 aromatic carbocycles. The van der Waals surface area contributed by atoms with Gasteiger partial charge in [0.1, 0.15) is 18.0 Å². The van der Waals surface area contributed by atoms with Crippen molar-refractivity contribution in [2.24, 2.45) is 0 Å². The van der Waals surface area contributed by atoms with Crippen molar-refractivity contribution in [3.8, 4) is 5.75 Å². The van der Waals surface area contributed by atoms with E-state index >= 15 is 0 Å². The zero-order valence-corrected chi connectivity index (χ0v) is 21.2. The standard InChI is InChI=1S/C24H40N4O4S/c1-24(2,3)32-23(30)28-15-13-27(14-16-28)17-18-31-20-10-8-19(9-11-20)21(29)7-5-6-12-26-22(33)25-4/h8-11,21,29H,5-7,12-18H2,1-4H3,(H2,25,26,33). The van der Waals surface area contributed by atoms with E-state index in [-0.39, 0.29) is 6.09 Å². The Kier molecular flexibility index (Phi) is 11.2. The largest absolute Gasteiger partial charge is 0.492 e. The number of hydrogen-bond acceptors (Lipinski definition) is 6. The molecule has 1 saturated heterocycles. The van der Waals surface area contributed by atoms with Crippen molar-refractivity contribution in [2.75, 3.05) is 52.9 Å². The fraction of sp³-hybridized carbons (Fsp3) is 0.667. The van der Waals surface area contributed by atoms with Gasteiger partial charge in [-0.2, -0.15) is 0 Å². The molecular weight excluding hydrogens is 440 g/mol. The normalized spacial score (nSPS) is 15.6. The number of benzene rings is 1. The third-order valence-electron chi connectivity index (χ3n) is 5.38. The minimum Gasteiger partial charge on any atom is -0.492 e. The third-order valence-corrected chi connectivity index (χ3v) is 5.73. The minimum absolute atomic E-state index is 0.241. The molecule has 1 aliphatic heterocycles. The number of ether oxygens (including phenoxy) is 2. The number of thiocarbonyl (C=S) groups is 1. The van der Waals surface area contributed by atoms with Crippen LogP contribution in [0, 0.1) is 0 Å². The van der Waals surface area contributed by atoms with Gasteiger partial charge >= 0.3 is 6.09 Å². The number of aliphatic hydroxyl groups is 1. The predicted octanol–water partition coefficient (Wildman–Crippen LogP) is 2.92. The van der Waals surface area contributed by atoms with Gasteiger partial charge in [0.25, 0.3) is 0 Å². The second-order valence-corrected chi connectivity index (χ2v) is 9.65. The number of amides is 1. The molecule has 8 nitrogen and oxygen atoms in total. The molecule has 1 amide bonds. The zero-order valence-electron chi connectivity index (χ0n) is 20.4. The minimum atomic E-state index is -0.475. The Morgan fingerprint density at radius 3 is 2.42 bits per heavy atom. The highest BCUT2D eigenvalue weighted by Gasteiger charge is 2.25. The monoisotopic (exact) mass is 480 g/mol. The van der Waals surface area contributed by atoms with Crippen LogP contribution in [-0.4, -0.2) is 84.6 Å². The number of aliphatic hydroxyl groups excluding tert-OH is 1.